The van der Waals surface area contributed by atoms with Crippen LogP contribution < -0.4 is 15.0 Å². The lowest BCUT2D eigenvalue weighted by molar-refractivity contribution is -0.169. The van der Waals surface area contributed by atoms with Crippen molar-refractivity contribution in [2.45, 2.75) is 25.6 Å². The first kappa shape index (κ1) is 17.1. The van der Waals surface area contributed by atoms with Gasteiger partial charge in [-0.1, -0.05) is 12.1 Å². The van der Waals surface area contributed by atoms with Gasteiger partial charge in [0.25, 0.3) is 0 Å². The van der Waals surface area contributed by atoms with Gasteiger partial charge in [-0.15, -0.1) is 0 Å². The summed E-state index contributed by atoms with van der Waals surface area (Å²) < 4.78 is 17.2. The molecule has 26 heavy (non-hydrogen) atoms. The van der Waals surface area contributed by atoms with Crippen molar-refractivity contribution >= 4 is 17.5 Å². The van der Waals surface area contributed by atoms with Crippen LogP contribution in [0, 0.1) is 0 Å². The monoisotopic (exact) mass is 356 g/mol. The standard InChI is InChI=1S/C19H24N4O3/c1-2-24-16-6-4-3-5-15(16)21-17-7-10-20-18(22-17)23-11-8-19(9-12-23)25-13-14-26-19/h3-7,10H,2,8-9,11-14H2,1H3,(H,20,21,22). The predicted octanol–water partition coefficient (Wildman–Crippen LogP) is 2.96. The molecule has 1 N–H and O–H groups in total. The number of ether oxygens (including phenoxy) is 3. The van der Waals surface area contributed by atoms with E-state index in [1.165, 1.54) is 0 Å². The van der Waals surface area contributed by atoms with Gasteiger partial charge in [-0.05, 0) is 25.1 Å². The second kappa shape index (κ2) is 7.47. The fraction of sp³-hybridized carbons (Fsp3) is 0.474. The molecule has 2 aliphatic rings. The van der Waals surface area contributed by atoms with Gasteiger partial charge in [0.15, 0.2) is 5.79 Å². The van der Waals surface area contributed by atoms with Crippen LogP contribution in [-0.2, 0) is 9.47 Å². The molecular formula is C19H24N4O3. The summed E-state index contributed by atoms with van der Waals surface area (Å²) in [7, 11) is 0. The Morgan fingerprint density at radius 1 is 1.15 bits per heavy atom. The van der Waals surface area contributed by atoms with Crippen LogP contribution in [0.15, 0.2) is 36.5 Å². The quantitative estimate of drug-likeness (QED) is 0.883. The molecule has 7 nitrogen and oxygen atoms in total. The van der Waals surface area contributed by atoms with Crippen molar-refractivity contribution < 1.29 is 14.2 Å². The molecule has 2 aliphatic heterocycles. The summed E-state index contributed by atoms with van der Waals surface area (Å²) in [6.45, 7) is 5.61. The molecule has 1 aromatic heterocycles. The third-order valence-electron chi connectivity index (χ3n) is 4.71. The maximum absolute atomic E-state index is 5.79. The molecule has 7 heteroatoms. The molecule has 2 saturated heterocycles. The van der Waals surface area contributed by atoms with E-state index in [9.17, 15) is 0 Å². The third kappa shape index (κ3) is 3.59. The van der Waals surface area contributed by atoms with Crippen LogP contribution in [0.4, 0.5) is 17.5 Å². The summed E-state index contributed by atoms with van der Waals surface area (Å²) in [6, 6.07) is 9.71. The number of nitrogens with zero attached hydrogens (tertiary/aromatic N) is 3. The van der Waals surface area contributed by atoms with E-state index < -0.39 is 0 Å². The van der Waals surface area contributed by atoms with Crippen molar-refractivity contribution in [1.82, 2.24) is 9.97 Å². The number of hydrogen-bond donors (Lipinski definition) is 1. The molecule has 0 atom stereocenters. The Balaban J connectivity index is 1.46. The first-order chi connectivity index (χ1) is 12.8. The van der Waals surface area contributed by atoms with Crippen molar-refractivity contribution in [3.63, 3.8) is 0 Å². The number of aromatic nitrogens is 2. The molecule has 0 saturated carbocycles. The van der Waals surface area contributed by atoms with Crippen LogP contribution in [0.25, 0.3) is 0 Å². The Morgan fingerprint density at radius 3 is 2.69 bits per heavy atom. The number of hydrogen-bond acceptors (Lipinski definition) is 7. The molecule has 0 amide bonds. The first-order valence-electron chi connectivity index (χ1n) is 9.13. The zero-order chi connectivity index (χ0) is 17.8. The Kier molecular flexibility index (Phi) is 4.90. The van der Waals surface area contributed by atoms with Crippen molar-refractivity contribution in [3.8, 4) is 5.75 Å². The zero-order valence-electron chi connectivity index (χ0n) is 15.0. The molecular weight excluding hydrogens is 332 g/mol. The van der Waals surface area contributed by atoms with Crippen molar-refractivity contribution in [2.24, 2.45) is 0 Å². The van der Waals surface area contributed by atoms with Crippen LogP contribution in [0.3, 0.4) is 0 Å². The highest BCUT2D eigenvalue weighted by Crippen LogP contribution is 2.33. The maximum Gasteiger partial charge on any atom is 0.227 e. The van der Waals surface area contributed by atoms with Crippen LogP contribution >= 0.6 is 0 Å². The normalized spacial score (nSPS) is 18.9. The van der Waals surface area contributed by atoms with Crippen LogP contribution in [0.5, 0.6) is 5.75 Å². The second-order valence-corrected chi connectivity index (χ2v) is 6.39. The maximum atomic E-state index is 5.79. The summed E-state index contributed by atoms with van der Waals surface area (Å²) in [6.07, 6.45) is 3.45. The lowest BCUT2D eigenvalue weighted by Crippen LogP contribution is -2.45. The van der Waals surface area contributed by atoms with Gasteiger partial charge in [-0.2, -0.15) is 4.98 Å². The Bertz CT molecular complexity index is 739. The summed E-state index contributed by atoms with van der Waals surface area (Å²) >= 11 is 0. The van der Waals surface area contributed by atoms with E-state index in [0.717, 1.165) is 49.1 Å². The molecule has 4 rings (SSSR count). The molecule has 1 spiro atoms. The number of nitrogens with one attached hydrogen (secondary N) is 1. The molecule has 1 aromatic carbocycles. The second-order valence-electron chi connectivity index (χ2n) is 6.39. The fourth-order valence-electron chi connectivity index (χ4n) is 3.39. The molecule has 3 heterocycles. The first-order valence-corrected chi connectivity index (χ1v) is 9.13. The van der Waals surface area contributed by atoms with Crippen LogP contribution in [0.2, 0.25) is 0 Å². The van der Waals surface area contributed by atoms with E-state index in [0.29, 0.717) is 19.8 Å². The van der Waals surface area contributed by atoms with Crippen molar-refractivity contribution in [3.05, 3.63) is 36.5 Å². The van der Waals surface area contributed by atoms with E-state index in [4.69, 9.17) is 14.2 Å². The van der Waals surface area contributed by atoms with E-state index >= 15 is 0 Å². The molecule has 138 valence electrons. The molecule has 2 fully saturated rings. The van der Waals surface area contributed by atoms with E-state index in [2.05, 4.69) is 20.2 Å². The zero-order valence-corrected chi connectivity index (χ0v) is 15.0. The van der Waals surface area contributed by atoms with Gasteiger partial charge < -0.3 is 24.4 Å². The molecule has 0 aliphatic carbocycles. The van der Waals surface area contributed by atoms with Crippen LogP contribution in [0.1, 0.15) is 19.8 Å². The van der Waals surface area contributed by atoms with Gasteiger partial charge in [-0.25, -0.2) is 4.98 Å². The van der Waals surface area contributed by atoms with Gasteiger partial charge in [0.1, 0.15) is 11.6 Å². The molecule has 0 radical (unpaired) electrons. The average Bonchev–Trinajstić information content (AvgIpc) is 3.12. The van der Waals surface area contributed by atoms with E-state index in [1.807, 2.05) is 37.3 Å². The number of para-hydroxylation sites is 2. The summed E-state index contributed by atoms with van der Waals surface area (Å²) in [5, 5.41) is 3.33. The number of benzene rings is 1. The Hall–Kier alpha value is -2.38. The minimum Gasteiger partial charge on any atom is -0.492 e. The van der Waals surface area contributed by atoms with E-state index in [-0.39, 0.29) is 5.79 Å². The fourth-order valence-corrected chi connectivity index (χ4v) is 3.39. The highest BCUT2D eigenvalue weighted by Gasteiger charge is 2.40. The minimum absolute atomic E-state index is 0.386. The average molecular weight is 356 g/mol. The highest BCUT2D eigenvalue weighted by molar-refractivity contribution is 5.64. The smallest absolute Gasteiger partial charge is 0.227 e. The minimum atomic E-state index is -0.386. The summed E-state index contributed by atoms with van der Waals surface area (Å²) in [5.74, 6) is 1.89. The highest BCUT2D eigenvalue weighted by atomic mass is 16.7. The lowest BCUT2D eigenvalue weighted by Gasteiger charge is -2.37. The van der Waals surface area contributed by atoms with Crippen molar-refractivity contribution in [1.29, 1.82) is 0 Å². The molecule has 2 aromatic rings. The topological polar surface area (TPSA) is 68.7 Å². The Morgan fingerprint density at radius 2 is 1.92 bits per heavy atom. The predicted molar refractivity (Wildman–Crippen MR) is 99.0 cm³/mol. The lowest BCUT2D eigenvalue weighted by atomic mass is 10.0. The largest absolute Gasteiger partial charge is 0.492 e. The third-order valence-corrected chi connectivity index (χ3v) is 4.71. The number of piperidine rings is 1. The molecule has 0 bridgehead atoms. The number of rotatable bonds is 5. The van der Waals surface area contributed by atoms with Gasteiger partial charge >= 0.3 is 0 Å². The van der Waals surface area contributed by atoms with Gasteiger partial charge in [0.2, 0.25) is 5.95 Å². The summed E-state index contributed by atoms with van der Waals surface area (Å²) in [4.78, 5) is 11.3. The van der Waals surface area contributed by atoms with E-state index in [1.54, 1.807) is 6.20 Å². The Labute approximate surface area is 153 Å². The van der Waals surface area contributed by atoms with Crippen molar-refractivity contribution in [2.75, 3.05) is 43.1 Å². The SMILES string of the molecule is CCOc1ccccc1Nc1ccnc(N2CCC3(CC2)OCCO3)n1. The van der Waals surface area contributed by atoms with Gasteiger partial charge in [0, 0.05) is 32.1 Å². The van der Waals surface area contributed by atoms with Crippen LogP contribution in [-0.4, -0.2) is 48.7 Å². The molecule has 0 unspecified atom stereocenters. The van der Waals surface area contributed by atoms with Gasteiger partial charge in [0.05, 0.1) is 25.5 Å². The van der Waals surface area contributed by atoms with Gasteiger partial charge in [-0.3, -0.25) is 0 Å². The number of anilines is 3. The summed E-state index contributed by atoms with van der Waals surface area (Å²) in [5.41, 5.74) is 0.893.